The van der Waals surface area contributed by atoms with Gasteiger partial charge in [-0.25, -0.2) is 9.97 Å². The molecular weight excluding hydrogens is 359 g/mol. The zero-order valence-corrected chi connectivity index (χ0v) is 15.3. The van der Waals surface area contributed by atoms with Crippen LogP contribution in [-0.2, 0) is 7.05 Å². The number of amides is 1. The summed E-state index contributed by atoms with van der Waals surface area (Å²) in [6, 6.07) is 15.6. The summed E-state index contributed by atoms with van der Waals surface area (Å²) in [4.78, 5) is 20.8. The number of benzene rings is 2. The number of methoxy groups -OCH3 is 1. The highest BCUT2D eigenvalue weighted by Gasteiger charge is 2.16. The fourth-order valence-corrected chi connectivity index (χ4v) is 3.09. The second-order valence-electron chi connectivity index (χ2n) is 6.19. The van der Waals surface area contributed by atoms with E-state index in [2.05, 4.69) is 15.3 Å². The molecule has 0 atom stereocenters. The second kappa shape index (κ2) is 7.11. The lowest BCUT2D eigenvalue weighted by molar-refractivity contribution is 0.102. The van der Waals surface area contributed by atoms with Gasteiger partial charge in [-0.3, -0.25) is 4.79 Å². The lowest BCUT2D eigenvalue weighted by Gasteiger charge is -2.09. The molecule has 0 bridgehead atoms. The molecule has 0 aliphatic rings. The van der Waals surface area contributed by atoms with Crippen molar-refractivity contribution in [2.75, 3.05) is 12.4 Å². The van der Waals surface area contributed by atoms with Crippen molar-refractivity contribution in [2.24, 2.45) is 7.05 Å². The molecule has 1 amide bonds. The number of para-hydroxylation sites is 1. The Bertz CT molecular complexity index is 1190. The van der Waals surface area contributed by atoms with Crippen molar-refractivity contribution in [3.63, 3.8) is 0 Å². The first-order chi connectivity index (χ1) is 13.6. The molecule has 0 saturated heterocycles. The zero-order valence-electron chi connectivity index (χ0n) is 15.3. The van der Waals surface area contributed by atoms with Crippen LogP contribution in [0.15, 0.2) is 60.8 Å². The van der Waals surface area contributed by atoms with Gasteiger partial charge in [-0.2, -0.15) is 4.39 Å². The maximum absolute atomic E-state index is 14.1. The van der Waals surface area contributed by atoms with Gasteiger partial charge in [-0.15, -0.1) is 0 Å². The number of carbonyl (C=O) groups excluding carboxylic acids is 1. The van der Waals surface area contributed by atoms with Gasteiger partial charge >= 0.3 is 0 Å². The summed E-state index contributed by atoms with van der Waals surface area (Å²) >= 11 is 0. The molecule has 140 valence electrons. The van der Waals surface area contributed by atoms with Crippen molar-refractivity contribution in [1.82, 2.24) is 14.5 Å². The molecule has 6 nitrogen and oxygen atoms in total. The maximum Gasteiger partial charge on any atom is 0.259 e. The third kappa shape index (κ3) is 3.07. The van der Waals surface area contributed by atoms with Gasteiger partial charge in [0.05, 0.1) is 29.3 Å². The molecule has 0 fully saturated rings. The average Bonchev–Trinajstić information content (AvgIpc) is 3.04. The minimum absolute atomic E-state index is 0.280. The predicted molar refractivity (Wildman–Crippen MR) is 105 cm³/mol. The maximum atomic E-state index is 14.1. The number of rotatable bonds is 4. The van der Waals surface area contributed by atoms with E-state index in [1.807, 2.05) is 0 Å². The molecule has 2 aromatic heterocycles. The number of carbonyl (C=O) groups is 1. The topological polar surface area (TPSA) is 69.0 Å². The molecule has 0 unspecified atom stereocenters. The van der Waals surface area contributed by atoms with Crippen LogP contribution in [0.2, 0.25) is 0 Å². The van der Waals surface area contributed by atoms with Crippen LogP contribution < -0.4 is 10.1 Å². The summed E-state index contributed by atoms with van der Waals surface area (Å²) in [6.45, 7) is 0. The molecule has 0 spiro atoms. The van der Waals surface area contributed by atoms with Crippen LogP contribution in [-0.4, -0.2) is 27.6 Å². The number of nitrogens with one attached hydrogen (secondary N) is 1. The van der Waals surface area contributed by atoms with Crippen LogP contribution in [0.1, 0.15) is 10.4 Å². The minimum Gasteiger partial charge on any atom is -0.496 e. The van der Waals surface area contributed by atoms with Crippen LogP contribution in [0.3, 0.4) is 0 Å². The van der Waals surface area contributed by atoms with Gasteiger partial charge in [0.1, 0.15) is 11.6 Å². The first kappa shape index (κ1) is 17.7. The molecule has 4 aromatic rings. The molecule has 4 rings (SSSR count). The molecule has 0 aliphatic heterocycles. The molecule has 7 heteroatoms. The van der Waals surface area contributed by atoms with Crippen LogP contribution in [0.5, 0.6) is 5.75 Å². The number of nitrogens with zero attached hydrogens (tertiary/aromatic N) is 3. The number of hydrogen-bond acceptors (Lipinski definition) is 4. The van der Waals surface area contributed by atoms with Gasteiger partial charge in [0, 0.05) is 18.9 Å². The average molecular weight is 376 g/mol. The lowest BCUT2D eigenvalue weighted by atomic mass is 10.2. The Morgan fingerprint density at radius 1 is 1.14 bits per heavy atom. The summed E-state index contributed by atoms with van der Waals surface area (Å²) in [6.07, 6.45) is 1.40. The monoisotopic (exact) mass is 376 g/mol. The smallest absolute Gasteiger partial charge is 0.259 e. The lowest BCUT2D eigenvalue weighted by Crippen LogP contribution is -2.13. The Balaban J connectivity index is 1.70. The van der Waals surface area contributed by atoms with Crippen molar-refractivity contribution in [1.29, 1.82) is 0 Å². The second-order valence-corrected chi connectivity index (χ2v) is 6.19. The molecule has 0 aliphatic carbocycles. The van der Waals surface area contributed by atoms with E-state index in [-0.39, 0.29) is 5.91 Å². The third-order valence-corrected chi connectivity index (χ3v) is 4.49. The van der Waals surface area contributed by atoms with Crippen molar-refractivity contribution < 1.29 is 13.9 Å². The van der Waals surface area contributed by atoms with Crippen LogP contribution in [0, 0.1) is 5.95 Å². The predicted octanol–water partition coefficient (Wildman–Crippen LogP) is 4.04. The van der Waals surface area contributed by atoms with Gasteiger partial charge in [0.2, 0.25) is 5.95 Å². The molecule has 0 saturated carbocycles. The normalized spacial score (nSPS) is 10.8. The van der Waals surface area contributed by atoms with Gasteiger partial charge in [-0.05, 0) is 42.5 Å². The number of imidazole rings is 1. The standard InChI is InChI=1S/C21H17FN4O2/c1-26-17-12-13(24-21(27)14-6-3-4-8-18(14)28-2)9-10-16(17)25-20(26)15-7-5-11-23-19(15)22/h3-12H,1-2H3,(H,24,27). The van der Waals surface area contributed by atoms with E-state index in [0.717, 1.165) is 5.52 Å². The molecular formula is C21H17FN4O2. The Morgan fingerprint density at radius 2 is 1.96 bits per heavy atom. The van der Waals surface area contributed by atoms with Gasteiger partial charge in [0.25, 0.3) is 5.91 Å². The van der Waals surface area contributed by atoms with Crippen LogP contribution in [0.4, 0.5) is 10.1 Å². The summed E-state index contributed by atoms with van der Waals surface area (Å²) in [5.74, 6) is 0.104. The highest BCUT2D eigenvalue weighted by Crippen LogP contribution is 2.27. The van der Waals surface area contributed by atoms with Crippen LogP contribution in [0.25, 0.3) is 22.4 Å². The Morgan fingerprint density at radius 3 is 2.75 bits per heavy atom. The van der Waals surface area contributed by atoms with Gasteiger partial charge in [-0.1, -0.05) is 12.1 Å². The largest absolute Gasteiger partial charge is 0.496 e. The highest BCUT2D eigenvalue weighted by atomic mass is 19.1. The number of pyridine rings is 1. The molecule has 2 aromatic carbocycles. The fourth-order valence-electron chi connectivity index (χ4n) is 3.09. The molecule has 0 radical (unpaired) electrons. The number of ether oxygens (including phenoxy) is 1. The van der Waals surface area contributed by atoms with E-state index >= 15 is 0 Å². The summed E-state index contributed by atoms with van der Waals surface area (Å²) in [5, 5.41) is 2.87. The third-order valence-electron chi connectivity index (χ3n) is 4.49. The van der Waals surface area contributed by atoms with E-state index in [4.69, 9.17) is 4.74 Å². The van der Waals surface area contributed by atoms with E-state index in [1.54, 1.807) is 66.2 Å². The summed E-state index contributed by atoms with van der Waals surface area (Å²) in [7, 11) is 3.32. The highest BCUT2D eigenvalue weighted by molar-refractivity contribution is 6.06. The number of hydrogen-bond donors (Lipinski definition) is 1. The number of aromatic nitrogens is 3. The van der Waals surface area contributed by atoms with Gasteiger partial charge in [0.15, 0.2) is 0 Å². The Labute approximate surface area is 160 Å². The van der Waals surface area contributed by atoms with Crippen LogP contribution >= 0.6 is 0 Å². The van der Waals surface area contributed by atoms with Crippen molar-refractivity contribution in [2.45, 2.75) is 0 Å². The van der Waals surface area contributed by atoms with Gasteiger partial charge < -0.3 is 14.6 Å². The quantitative estimate of drug-likeness (QED) is 0.546. The Hall–Kier alpha value is -3.74. The molecule has 1 N–H and O–H groups in total. The van der Waals surface area contributed by atoms with Crippen molar-refractivity contribution in [3.05, 3.63) is 72.3 Å². The SMILES string of the molecule is COc1ccccc1C(=O)Nc1ccc2nc(-c3cccnc3F)n(C)c2c1. The fraction of sp³-hybridized carbons (Fsp3) is 0.0952. The molecule has 28 heavy (non-hydrogen) atoms. The first-order valence-electron chi connectivity index (χ1n) is 8.60. The Kier molecular flexibility index (Phi) is 4.49. The molecule has 2 heterocycles. The number of aryl methyl sites for hydroxylation is 1. The first-order valence-corrected chi connectivity index (χ1v) is 8.60. The minimum atomic E-state index is -0.578. The number of anilines is 1. The number of fused-ring (bicyclic) bond motifs is 1. The van der Waals surface area contributed by atoms with E-state index in [9.17, 15) is 9.18 Å². The van der Waals surface area contributed by atoms with Crippen molar-refractivity contribution in [3.8, 4) is 17.1 Å². The summed E-state index contributed by atoms with van der Waals surface area (Å²) < 4.78 is 21.1. The van der Waals surface area contributed by atoms with E-state index in [1.165, 1.54) is 13.3 Å². The number of halogens is 1. The zero-order chi connectivity index (χ0) is 19.7. The van der Waals surface area contributed by atoms with Crippen molar-refractivity contribution >= 4 is 22.6 Å². The van der Waals surface area contributed by atoms with E-state index < -0.39 is 5.95 Å². The van der Waals surface area contributed by atoms with E-state index in [0.29, 0.717) is 33.9 Å². The summed E-state index contributed by atoms with van der Waals surface area (Å²) in [5.41, 5.74) is 2.81.